The summed E-state index contributed by atoms with van der Waals surface area (Å²) in [5.41, 5.74) is 0.806. The Morgan fingerprint density at radius 2 is 1.47 bits per heavy atom. The Hall–Kier alpha value is -3.94. The van der Waals surface area contributed by atoms with E-state index in [1.165, 1.54) is 17.1 Å². The third kappa shape index (κ3) is 7.58. The quantitative estimate of drug-likeness (QED) is 0.225. The molecule has 8 nitrogen and oxygen atoms in total. The summed E-state index contributed by atoms with van der Waals surface area (Å²) in [5.74, 6) is -1.28. The van der Waals surface area contributed by atoms with Crippen LogP contribution >= 0.6 is 0 Å². The lowest BCUT2D eigenvalue weighted by Crippen LogP contribution is -2.52. The lowest BCUT2D eigenvalue weighted by molar-refractivity contribution is -0.134. The van der Waals surface area contributed by atoms with Crippen LogP contribution in [0.4, 0.5) is 0 Å². The molecule has 0 aliphatic carbocycles. The van der Waals surface area contributed by atoms with Crippen molar-refractivity contribution in [1.29, 1.82) is 0 Å². The number of allylic oxidation sites excluding steroid dienone is 3. The number of amides is 2. The van der Waals surface area contributed by atoms with Crippen molar-refractivity contribution in [1.82, 2.24) is 14.4 Å². The summed E-state index contributed by atoms with van der Waals surface area (Å²) >= 11 is 0. The summed E-state index contributed by atoms with van der Waals surface area (Å²) in [6, 6.07) is 0. The Balaban J connectivity index is 0.00000201. The van der Waals surface area contributed by atoms with E-state index in [1.807, 2.05) is 38.5 Å². The van der Waals surface area contributed by atoms with Crippen LogP contribution in [0.3, 0.4) is 0 Å². The van der Waals surface area contributed by atoms with Crippen LogP contribution in [-0.4, -0.2) is 69.7 Å². The number of aromatic nitrogens is 1. The number of carbonyl (C=O) groups is 4. The van der Waals surface area contributed by atoms with E-state index in [4.69, 9.17) is 9.90 Å². The van der Waals surface area contributed by atoms with Gasteiger partial charge in [0.05, 0.1) is 5.56 Å². The first-order valence-corrected chi connectivity index (χ1v) is 10.9. The number of hydrogen-bond acceptors (Lipinski definition) is 4. The van der Waals surface area contributed by atoms with E-state index < -0.39 is 11.7 Å². The molecule has 1 fully saturated rings. The number of rotatable bonds is 6. The Morgan fingerprint density at radius 3 is 1.88 bits per heavy atom. The highest BCUT2D eigenvalue weighted by Crippen LogP contribution is 2.10. The van der Waals surface area contributed by atoms with Crippen molar-refractivity contribution in [3.8, 4) is 0 Å². The van der Waals surface area contributed by atoms with Gasteiger partial charge in [-0.15, -0.1) is 0 Å². The highest BCUT2D eigenvalue weighted by atomic mass is 16.3. The van der Waals surface area contributed by atoms with Gasteiger partial charge in [-0.1, -0.05) is 70.0 Å². The third-order valence-corrected chi connectivity index (χ3v) is 4.88. The number of piperazine rings is 1. The van der Waals surface area contributed by atoms with Gasteiger partial charge in [-0.05, 0) is 6.92 Å². The second-order valence-corrected chi connectivity index (χ2v) is 6.72. The molecule has 0 bridgehead atoms. The van der Waals surface area contributed by atoms with Gasteiger partial charge in [0.15, 0.2) is 0 Å². The van der Waals surface area contributed by atoms with Crippen LogP contribution in [0, 0.1) is 0 Å². The number of ketones is 1. The standard InChI is InChI=1S/C23H27N3O3.C2H6.CH2O2/c1-6-10-17(8-3)22(28)25-12-14-26(15-13-25)23(29)21(27)19-16-24(5)20(9-4)18(19)11-7-2;1-2;2-1-3/h6-11,16H,1-3,12-15H2,4-5H3;1-2H3;1H,(H,2,3)/b17-10+,18-11-,20-9+;;. The molecule has 2 heterocycles. The Labute approximate surface area is 201 Å². The molecule has 1 aromatic rings. The van der Waals surface area contributed by atoms with Crippen molar-refractivity contribution in [3.05, 3.63) is 71.9 Å². The molecule has 8 heteroatoms. The maximum Gasteiger partial charge on any atom is 0.295 e. The molecule has 0 atom stereocenters. The van der Waals surface area contributed by atoms with Crippen molar-refractivity contribution in [2.45, 2.75) is 20.8 Å². The summed E-state index contributed by atoms with van der Waals surface area (Å²) in [6.45, 7) is 17.9. The van der Waals surface area contributed by atoms with Gasteiger partial charge < -0.3 is 19.5 Å². The van der Waals surface area contributed by atoms with E-state index in [0.717, 1.165) is 5.35 Å². The van der Waals surface area contributed by atoms with Crippen molar-refractivity contribution >= 4 is 36.2 Å². The minimum Gasteiger partial charge on any atom is -0.483 e. The van der Waals surface area contributed by atoms with E-state index in [-0.39, 0.29) is 12.4 Å². The molecule has 0 aromatic carbocycles. The fraction of sp³-hybridized carbons (Fsp3) is 0.308. The third-order valence-electron chi connectivity index (χ3n) is 4.88. The van der Waals surface area contributed by atoms with Crippen LogP contribution in [0.25, 0.3) is 12.2 Å². The first-order chi connectivity index (χ1) is 16.3. The van der Waals surface area contributed by atoms with Crippen LogP contribution in [0.2, 0.25) is 0 Å². The molecular weight excluding hydrogens is 434 g/mol. The van der Waals surface area contributed by atoms with Crippen molar-refractivity contribution in [2.24, 2.45) is 7.05 Å². The maximum atomic E-state index is 12.9. The first kappa shape index (κ1) is 30.1. The Kier molecular flexibility index (Phi) is 14.0. The molecule has 1 aliphatic rings. The van der Waals surface area contributed by atoms with Crippen LogP contribution in [0.1, 0.15) is 31.1 Å². The molecule has 1 N–H and O–H groups in total. The smallest absolute Gasteiger partial charge is 0.295 e. The summed E-state index contributed by atoms with van der Waals surface area (Å²) in [7, 11) is 1.83. The normalized spacial score (nSPS) is 14.2. The van der Waals surface area contributed by atoms with Crippen LogP contribution in [-0.2, 0) is 21.4 Å². The van der Waals surface area contributed by atoms with E-state index >= 15 is 0 Å². The highest BCUT2D eigenvalue weighted by Gasteiger charge is 2.30. The van der Waals surface area contributed by atoms with Gasteiger partial charge >= 0.3 is 0 Å². The van der Waals surface area contributed by atoms with Crippen LogP contribution < -0.4 is 10.6 Å². The summed E-state index contributed by atoms with van der Waals surface area (Å²) in [4.78, 5) is 49.7. The largest absolute Gasteiger partial charge is 0.483 e. The van der Waals surface area contributed by atoms with Gasteiger partial charge in [-0.25, -0.2) is 0 Å². The predicted octanol–water partition coefficient (Wildman–Crippen LogP) is 1.67. The van der Waals surface area contributed by atoms with Crippen molar-refractivity contribution < 1.29 is 24.3 Å². The molecule has 1 aliphatic heterocycles. The molecular formula is C26H35N3O5. The van der Waals surface area contributed by atoms with Crippen molar-refractivity contribution in [2.75, 3.05) is 26.2 Å². The minimum absolute atomic E-state index is 0.160. The second kappa shape index (κ2) is 15.8. The highest BCUT2D eigenvalue weighted by molar-refractivity contribution is 6.42. The number of carboxylic acid groups (broad SMARTS) is 1. The lowest BCUT2D eigenvalue weighted by atomic mass is 10.1. The SMILES string of the molecule is C=C/C=c1/c(C(=O)C(=O)N2CCN(C(=O)/C(C=C)=C/C=C)CC2)cn(C)/c1=C/C.CC.O=CO. The van der Waals surface area contributed by atoms with E-state index in [9.17, 15) is 14.4 Å². The van der Waals surface area contributed by atoms with Crippen LogP contribution in [0.5, 0.6) is 0 Å². The maximum absolute atomic E-state index is 12.9. The average Bonchev–Trinajstić information content (AvgIpc) is 3.18. The molecule has 0 radical (unpaired) electrons. The molecule has 0 spiro atoms. The number of carbonyl (C=O) groups excluding carboxylic acids is 3. The van der Waals surface area contributed by atoms with Crippen molar-refractivity contribution in [3.63, 3.8) is 0 Å². The number of nitrogens with zero attached hydrogens (tertiary/aromatic N) is 3. The lowest BCUT2D eigenvalue weighted by Gasteiger charge is -2.34. The number of aryl methyl sites for hydroxylation is 1. The summed E-state index contributed by atoms with van der Waals surface area (Å²) in [6.07, 6.45) is 11.5. The monoisotopic (exact) mass is 469 g/mol. The fourth-order valence-electron chi connectivity index (χ4n) is 3.40. The molecule has 2 amide bonds. The Morgan fingerprint density at radius 1 is 0.971 bits per heavy atom. The van der Waals surface area contributed by atoms with Gasteiger partial charge in [0.2, 0.25) is 0 Å². The van der Waals surface area contributed by atoms with E-state index in [2.05, 4.69) is 19.7 Å². The number of Topliss-reactive ketones (excluding diaryl/α,β-unsaturated/α-hetero) is 1. The predicted molar refractivity (Wildman–Crippen MR) is 135 cm³/mol. The van der Waals surface area contributed by atoms with Gasteiger partial charge in [-0.3, -0.25) is 19.2 Å². The zero-order chi connectivity index (χ0) is 26.3. The topological polar surface area (TPSA) is 99.9 Å². The average molecular weight is 470 g/mol. The molecule has 184 valence electrons. The van der Waals surface area contributed by atoms with Gasteiger partial charge in [0, 0.05) is 55.6 Å². The van der Waals surface area contributed by atoms with E-state index in [0.29, 0.717) is 42.5 Å². The molecule has 0 unspecified atom stereocenters. The molecule has 1 aromatic heterocycles. The van der Waals surface area contributed by atoms with Crippen LogP contribution in [0.15, 0.2) is 55.8 Å². The molecule has 34 heavy (non-hydrogen) atoms. The molecule has 2 rings (SSSR count). The van der Waals surface area contributed by atoms with Gasteiger partial charge in [-0.2, -0.15) is 0 Å². The summed E-state index contributed by atoms with van der Waals surface area (Å²) < 4.78 is 1.81. The van der Waals surface area contributed by atoms with E-state index in [1.54, 1.807) is 29.3 Å². The molecule has 1 saturated heterocycles. The number of hydrogen-bond donors (Lipinski definition) is 1. The Bertz CT molecular complexity index is 1050. The molecule has 0 saturated carbocycles. The zero-order valence-corrected chi connectivity index (χ0v) is 20.5. The second-order valence-electron chi connectivity index (χ2n) is 6.72. The zero-order valence-electron chi connectivity index (χ0n) is 20.5. The fourth-order valence-corrected chi connectivity index (χ4v) is 3.40. The van der Waals surface area contributed by atoms with Gasteiger partial charge in [0.1, 0.15) is 0 Å². The summed E-state index contributed by atoms with van der Waals surface area (Å²) in [5, 5.41) is 8.42. The first-order valence-electron chi connectivity index (χ1n) is 10.9. The van der Waals surface area contributed by atoms with Gasteiger partial charge in [0.25, 0.3) is 24.1 Å². The minimum atomic E-state index is -0.561.